The zero-order valence-corrected chi connectivity index (χ0v) is 12.5. The van der Waals surface area contributed by atoms with E-state index in [0.717, 1.165) is 6.20 Å². The molecule has 0 radical (unpaired) electrons. The average Bonchev–Trinajstić information content (AvgIpc) is 2.55. The minimum absolute atomic E-state index is 0.0249. The molecule has 2 aromatic rings. The van der Waals surface area contributed by atoms with Crippen molar-refractivity contribution < 1.29 is 14.7 Å². The molecule has 0 saturated heterocycles. The van der Waals surface area contributed by atoms with Gasteiger partial charge in [-0.25, -0.2) is 0 Å². The third kappa shape index (κ3) is 4.11. The number of hydrogen-bond acceptors (Lipinski definition) is 5. The number of aromatic hydroxyl groups is 1. The normalized spacial score (nSPS) is 10.5. The summed E-state index contributed by atoms with van der Waals surface area (Å²) >= 11 is 0. The van der Waals surface area contributed by atoms with Gasteiger partial charge in [-0.3, -0.25) is 9.59 Å². The van der Waals surface area contributed by atoms with Gasteiger partial charge in [0.1, 0.15) is 17.4 Å². The molecule has 0 heterocycles. The van der Waals surface area contributed by atoms with Crippen molar-refractivity contribution in [3.8, 4) is 11.8 Å². The number of phenolic OH excluding ortho intramolecular Hbond substituents is 1. The molecular formula is C17H14N4O3. The highest BCUT2D eigenvalue weighted by Crippen LogP contribution is 2.16. The monoisotopic (exact) mass is 322 g/mol. The van der Waals surface area contributed by atoms with Crippen molar-refractivity contribution in [1.29, 1.82) is 5.26 Å². The Balaban J connectivity index is 2.09. The number of anilines is 2. The fourth-order valence-corrected chi connectivity index (χ4v) is 1.85. The molecule has 2 rings (SSSR count). The van der Waals surface area contributed by atoms with Gasteiger partial charge in [-0.15, -0.1) is 0 Å². The van der Waals surface area contributed by atoms with E-state index in [1.165, 1.54) is 18.2 Å². The van der Waals surface area contributed by atoms with Crippen LogP contribution in [0.1, 0.15) is 10.4 Å². The quantitative estimate of drug-likeness (QED) is 0.387. The second kappa shape index (κ2) is 7.47. The van der Waals surface area contributed by atoms with Crippen molar-refractivity contribution in [3.63, 3.8) is 0 Å². The molecule has 0 atom stereocenters. The van der Waals surface area contributed by atoms with Crippen molar-refractivity contribution in [2.75, 3.05) is 11.1 Å². The molecule has 2 aromatic carbocycles. The lowest BCUT2D eigenvalue weighted by Crippen LogP contribution is -2.22. The number of phenols is 1. The van der Waals surface area contributed by atoms with E-state index in [1.807, 2.05) is 0 Å². The Hall–Kier alpha value is -3.79. The molecule has 0 unspecified atom stereocenters. The van der Waals surface area contributed by atoms with E-state index < -0.39 is 11.8 Å². The molecule has 5 N–H and O–H groups in total. The van der Waals surface area contributed by atoms with Gasteiger partial charge in [0, 0.05) is 23.6 Å². The number of nitrogen functional groups attached to an aromatic ring is 1. The molecule has 24 heavy (non-hydrogen) atoms. The Morgan fingerprint density at radius 1 is 1.17 bits per heavy atom. The summed E-state index contributed by atoms with van der Waals surface area (Å²) in [6.45, 7) is 0. The second-order valence-corrected chi connectivity index (χ2v) is 4.73. The first-order valence-electron chi connectivity index (χ1n) is 6.87. The summed E-state index contributed by atoms with van der Waals surface area (Å²) in [6, 6.07) is 14.0. The van der Waals surface area contributed by atoms with Gasteiger partial charge < -0.3 is 21.5 Å². The summed E-state index contributed by atoms with van der Waals surface area (Å²) in [4.78, 5) is 24.0. The van der Waals surface area contributed by atoms with E-state index in [9.17, 15) is 14.7 Å². The molecule has 0 fully saturated rings. The van der Waals surface area contributed by atoms with Crippen LogP contribution in [0.15, 0.2) is 60.3 Å². The minimum atomic E-state index is -0.718. The third-order valence-corrected chi connectivity index (χ3v) is 3.02. The summed E-state index contributed by atoms with van der Waals surface area (Å²) in [5.74, 6) is -1.28. The first kappa shape index (κ1) is 16.6. The van der Waals surface area contributed by atoms with Crippen LogP contribution in [0.25, 0.3) is 0 Å². The Labute approximate surface area is 138 Å². The first-order chi connectivity index (χ1) is 11.5. The minimum Gasteiger partial charge on any atom is -0.508 e. The predicted molar refractivity (Wildman–Crippen MR) is 88.8 cm³/mol. The number of hydrogen-bond donors (Lipinski definition) is 4. The number of para-hydroxylation sites is 1. The maximum absolute atomic E-state index is 12.0. The van der Waals surface area contributed by atoms with Gasteiger partial charge in [-0.2, -0.15) is 5.26 Å². The lowest BCUT2D eigenvalue weighted by atomic mass is 10.1. The van der Waals surface area contributed by atoms with Gasteiger partial charge in [0.05, 0.1) is 5.56 Å². The Morgan fingerprint density at radius 2 is 1.92 bits per heavy atom. The Kier molecular flexibility index (Phi) is 5.16. The predicted octanol–water partition coefficient (Wildman–Crippen LogP) is 1.75. The lowest BCUT2D eigenvalue weighted by Gasteiger charge is -2.06. The fourth-order valence-electron chi connectivity index (χ4n) is 1.85. The zero-order chi connectivity index (χ0) is 17.5. The summed E-state index contributed by atoms with van der Waals surface area (Å²) in [7, 11) is 0. The number of nitrogens with two attached hydrogens (primary N) is 1. The summed E-state index contributed by atoms with van der Waals surface area (Å²) in [5.41, 5.74) is 6.22. The van der Waals surface area contributed by atoms with Crippen molar-refractivity contribution in [2.45, 2.75) is 0 Å². The maximum atomic E-state index is 12.0. The number of amides is 2. The number of nitriles is 1. The Morgan fingerprint density at radius 3 is 2.58 bits per heavy atom. The van der Waals surface area contributed by atoms with Gasteiger partial charge in [-0.05, 0) is 24.3 Å². The van der Waals surface area contributed by atoms with E-state index in [4.69, 9.17) is 11.0 Å². The van der Waals surface area contributed by atoms with E-state index in [0.29, 0.717) is 5.69 Å². The number of carbonyl (C=O) groups is 2. The molecule has 0 aromatic heterocycles. The third-order valence-electron chi connectivity index (χ3n) is 3.02. The van der Waals surface area contributed by atoms with Crippen molar-refractivity contribution in [3.05, 3.63) is 65.9 Å². The van der Waals surface area contributed by atoms with Crippen LogP contribution in [0, 0.1) is 11.3 Å². The number of nitrogens with zero attached hydrogens (tertiary/aromatic N) is 1. The van der Waals surface area contributed by atoms with Crippen LogP contribution in [-0.4, -0.2) is 16.9 Å². The number of carbonyl (C=O) groups excluding carboxylic acids is 2. The van der Waals surface area contributed by atoms with Crippen molar-refractivity contribution in [2.24, 2.45) is 0 Å². The van der Waals surface area contributed by atoms with Crippen molar-refractivity contribution in [1.82, 2.24) is 5.32 Å². The largest absolute Gasteiger partial charge is 0.508 e. The maximum Gasteiger partial charge on any atom is 0.267 e. The molecule has 120 valence electrons. The van der Waals surface area contributed by atoms with Gasteiger partial charge in [0.15, 0.2) is 0 Å². The molecular weight excluding hydrogens is 308 g/mol. The van der Waals surface area contributed by atoms with Crippen LogP contribution in [0.5, 0.6) is 5.75 Å². The van der Waals surface area contributed by atoms with Crippen LogP contribution in [0.2, 0.25) is 0 Å². The van der Waals surface area contributed by atoms with E-state index in [-0.39, 0.29) is 22.6 Å². The molecule has 0 bridgehead atoms. The van der Waals surface area contributed by atoms with E-state index >= 15 is 0 Å². The lowest BCUT2D eigenvalue weighted by molar-refractivity contribution is -0.112. The molecule has 0 spiro atoms. The molecule has 7 heteroatoms. The van der Waals surface area contributed by atoms with Crippen LogP contribution < -0.4 is 16.4 Å². The topological polar surface area (TPSA) is 128 Å². The molecule has 7 nitrogen and oxygen atoms in total. The highest BCUT2D eigenvalue weighted by molar-refractivity contribution is 6.07. The zero-order valence-electron chi connectivity index (χ0n) is 12.5. The number of benzene rings is 2. The van der Waals surface area contributed by atoms with Crippen LogP contribution in [-0.2, 0) is 4.79 Å². The van der Waals surface area contributed by atoms with E-state index in [2.05, 4.69) is 10.6 Å². The van der Waals surface area contributed by atoms with Crippen molar-refractivity contribution >= 4 is 23.2 Å². The SMILES string of the molecule is N#C/C(=C/NC(=O)c1ccccc1N)C(=O)Nc1cccc(O)c1. The molecule has 0 aliphatic carbocycles. The molecule has 0 aliphatic heterocycles. The highest BCUT2D eigenvalue weighted by Gasteiger charge is 2.12. The van der Waals surface area contributed by atoms with Crippen LogP contribution >= 0.6 is 0 Å². The summed E-state index contributed by atoms with van der Waals surface area (Å²) in [5, 5.41) is 23.2. The summed E-state index contributed by atoms with van der Waals surface area (Å²) in [6.07, 6.45) is 1.01. The van der Waals surface area contributed by atoms with Crippen LogP contribution in [0.4, 0.5) is 11.4 Å². The first-order valence-corrected chi connectivity index (χ1v) is 6.87. The smallest absolute Gasteiger partial charge is 0.267 e. The second-order valence-electron chi connectivity index (χ2n) is 4.73. The molecule has 2 amide bonds. The standard InChI is InChI=1S/C17H14N4O3/c18-9-11(16(23)21-12-4-3-5-13(22)8-12)10-20-17(24)14-6-1-2-7-15(14)19/h1-8,10,22H,19H2,(H,20,24)(H,21,23)/b11-10-. The van der Waals surface area contributed by atoms with Crippen LogP contribution in [0.3, 0.4) is 0 Å². The molecule has 0 aliphatic rings. The highest BCUT2D eigenvalue weighted by atomic mass is 16.3. The van der Waals surface area contributed by atoms with E-state index in [1.54, 1.807) is 36.4 Å². The van der Waals surface area contributed by atoms with Gasteiger partial charge in [0.25, 0.3) is 11.8 Å². The molecule has 0 saturated carbocycles. The van der Waals surface area contributed by atoms with Gasteiger partial charge >= 0.3 is 0 Å². The van der Waals surface area contributed by atoms with Gasteiger partial charge in [0.2, 0.25) is 0 Å². The Bertz CT molecular complexity index is 853. The number of nitrogens with one attached hydrogen (secondary N) is 2. The number of rotatable bonds is 4. The average molecular weight is 322 g/mol. The fraction of sp³-hybridized carbons (Fsp3) is 0. The van der Waals surface area contributed by atoms with Gasteiger partial charge in [-0.1, -0.05) is 18.2 Å². The summed E-state index contributed by atoms with van der Waals surface area (Å²) < 4.78 is 0.